The van der Waals surface area contributed by atoms with Crippen LogP contribution in [0.2, 0.25) is 0 Å². The molecule has 0 fully saturated rings. The average Bonchev–Trinajstić information content (AvgIpc) is 2.48. The number of hydrogen-bond acceptors (Lipinski definition) is 5. The topological polar surface area (TPSA) is 88.5 Å². The van der Waals surface area contributed by atoms with Crippen LogP contribution < -0.4 is 5.73 Å². The van der Waals surface area contributed by atoms with Gasteiger partial charge >= 0.3 is 0 Å². The van der Waals surface area contributed by atoms with Crippen LogP contribution in [-0.4, -0.2) is 15.0 Å². The summed E-state index contributed by atoms with van der Waals surface area (Å²) in [7, 11) is 0. The van der Waals surface area contributed by atoms with Crippen LogP contribution in [0.3, 0.4) is 0 Å². The van der Waals surface area contributed by atoms with E-state index < -0.39 is 0 Å². The van der Waals surface area contributed by atoms with E-state index in [1.54, 1.807) is 6.20 Å². The van der Waals surface area contributed by atoms with Crippen LogP contribution >= 0.6 is 0 Å². The molecule has 20 heavy (non-hydrogen) atoms. The zero-order chi connectivity index (χ0) is 14.1. The summed E-state index contributed by atoms with van der Waals surface area (Å²) in [6, 6.07) is 9.61. The van der Waals surface area contributed by atoms with Gasteiger partial charge < -0.3 is 5.73 Å². The predicted octanol–water partition coefficient (Wildman–Crippen LogP) is 2.45. The van der Waals surface area contributed by atoms with Crippen LogP contribution in [0.15, 0.2) is 36.8 Å². The molecule has 2 aromatic heterocycles. The molecule has 0 bridgehead atoms. The van der Waals surface area contributed by atoms with E-state index in [0.717, 1.165) is 22.1 Å². The number of aryl methyl sites for hydroxylation is 1. The normalized spacial score (nSPS) is 10.4. The van der Waals surface area contributed by atoms with Crippen molar-refractivity contribution in [2.45, 2.75) is 6.92 Å². The van der Waals surface area contributed by atoms with Gasteiger partial charge in [0.2, 0.25) is 0 Å². The first-order chi connectivity index (χ1) is 9.69. The quantitative estimate of drug-likeness (QED) is 0.680. The maximum absolute atomic E-state index is 9.31. The molecule has 1 aromatic carbocycles. The molecule has 2 heterocycles. The first-order valence-electron chi connectivity index (χ1n) is 6.06. The molecule has 0 aliphatic rings. The summed E-state index contributed by atoms with van der Waals surface area (Å²) in [5, 5.41) is 10.1. The Kier molecular flexibility index (Phi) is 2.77. The number of anilines is 1. The molecule has 0 spiro atoms. The lowest BCUT2D eigenvalue weighted by atomic mass is 9.98. The van der Waals surface area contributed by atoms with Gasteiger partial charge in [-0.1, -0.05) is 6.07 Å². The minimum Gasteiger partial charge on any atom is -0.399 e. The minimum atomic E-state index is 0.338. The molecule has 0 aliphatic carbocycles. The second kappa shape index (κ2) is 4.59. The second-order valence-corrected chi connectivity index (χ2v) is 4.51. The third-order valence-corrected chi connectivity index (χ3v) is 3.15. The number of nitrogen functional groups attached to an aromatic ring is 1. The van der Waals surface area contributed by atoms with Crippen LogP contribution in [0.1, 0.15) is 11.3 Å². The fourth-order valence-electron chi connectivity index (χ4n) is 2.14. The molecule has 0 amide bonds. The maximum atomic E-state index is 9.31. The third kappa shape index (κ3) is 1.93. The number of aromatic nitrogens is 3. The minimum absolute atomic E-state index is 0.338. The number of hydrogen-bond donors (Lipinski definition) is 1. The third-order valence-electron chi connectivity index (χ3n) is 3.15. The largest absolute Gasteiger partial charge is 0.399 e. The number of nitriles is 1. The first kappa shape index (κ1) is 12.1. The molecule has 5 nitrogen and oxygen atoms in total. The van der Waals surface area contributed by atoms with Gasteiger partial charge in [0.1, 0.15) is 12.4 Å². The van der Waals surface area contributed by atoms with Gasteiger partial charge in [-0.2, -0.15) is 5.26 Å². The summed E-state index contributed by atoms with van der Waals surface area (Å²) >= 11 is 0. The van der Waals surface area contributed by atoms with Crippen molar-refractivity contribution in [2.24, 2.45) is 0 Å². The van der Waals surface area contributed by atoms with Crippen molar-refractivity contribution >= 4 is 16.7 Å². The molecule has 5 heteroatoms. The Morgan fingerprint density at radius 1 is 1.20 bits per heavy atom. The molecule has 0 aliphatic heterocycles. The van der Waals surface area contributed by atoms with E-state index in [-0.39, 0.29) is 0 Å². The smallest absolute Gasteiger partial charge is 0.163 e. The van der Waals surface area contributed by atoms with Gasteiger partial charge in [0.15, 0.2) is 11.3 Å². The summed E-state index contributed by atoms with van der Waals surface area (Å²) in [6.45, 7) is 1.97. The summed E-state index contributed by atoms with van der Waals surface area (Å²) < 4.78 is 0. The van der Waals surface area contributed by atoms with E-state index in [0.29, 0.717) is 17.0 Å². The number of rotatable bonds is 1. The monoisotopic (exact) mass is 261 g/mol. The summed E-state index contributed by atoms with van der Waals surface area (Å²) in [6.07, 6.45) is 3.10. The van der Waals surface area contributed by atoms with Gasteiger partial charge in [-0.3, -0.25) is 0 Å². The Hall–Kier alpha value is -3.00. The lowest BCUT2D eigenvalue weighted by molar-refractivity contribution is 1.17. The number of pyridine rings is 1. The SMILES string of the molecule is Cc1ccc(N)cc1-c1cc2cncnc2nc1C#N. The van der Waals surface area contributed by atoms with Crippen molar-refractivity contribution < 1.29 is 0 Å². The molecular formula is C15H11N5. The van der Waals surface area contributed by atoms with Gasteiger partial charge in [0.05, 0.1) is 0 Å². The molecule has 3 rings (SSSR count). The zero-order valence-corrected chi connectivity index (χ0v) is 10.8. The van der Waals surface area contributed by atoms with E-state index in [1.165, 1.54) is 6.33 Å². The van der Waals surface area contributed by atoms with Crippen LogP contribution in [-0.2, 0) is 0 Å². The first-order valence-corrected chi connectivity index (χ1v) is 6.06. The number of nitrogens with zero attached hydrogens (tertiary/aromatic N) is 4. The Morgan fingerprint density at radius 3 is 2.85 bits per heavy atom. The average molecular weight is 261 g/mol. The molecule has 96 valence electrons. The van der Waals surface area contributed by atoms with Gasteiger partial charge in [-0.15, -0.1) is 0 Å². The lowest BCUT2D eigenvalue weighted by Crippen LogP contribution is -1.96. The van der Waals surface area contributed by atoms with E-state index in [2.05, 4.69) is 21.0 Å². The summed E-state index contributed by atoms with van der Waals surface area (Å²) in [5.41, 5.74) is 10.0. The Labute approximate surface area is 115 Å². The van der Waals surface area contributed by atoms with E-state index in [4.69, 9.17) is 5.73 Å². The Bertz CT molecular complexity index is 848. The highest BCUT2D eigenvalue weighted by Gasteiger charge is 2.12. The highest BCUT2D eigenvalue weighted by molar-refractivity contribution is 5.84. The van der Waals surface area contributed by atoms with Gasteiger partial charge in [-0.05, 0) is 36.2 Å². The van der Waals surface area contributed by atoms with Gasteiger partial charge in [-0.25, -0.2) is 15.0 Å². The van der Waals surface area contributed by atoms with Crippen molar-refractivity contribution in [2.75, 3.05) is 5.73 Å². The van der Waals surface area contributed by atoms with Gasteiger partial charge in [0, 0.05) is 22.8 Å². The van der Waals surface area contributed by atoms with Crippen LogP contribution in [0, 0.1) is 18.3 Å². The standard InChI is InChI=1S/C15H11N5/c1-9-2-3-11(17)5-12(9)13-4-10-7-18-8-19-15(10)20-14(13)6-16/h2-5,7-8H,17H2,1H3. The van der Waals surface area contributed by atoms with E-state index in [9.17, 15) is 5.26 Å². The van der Waals surface area contributed by atoms with Crippen molar-refractivity contribution in [3.63, 3.8) is 0 Å². The molecule has 0 saturated heterocycles. The van der Waals surface area contributed by atoms with Gasteiger partial charge in [0.25, 0.3) is 0 Å². The molecule has 2 N–H and O–H groups in total. The Balaban J connectivity index is 2.35. The predicted molar refractivity (Wildman–Crippen MR) is 76.6 cm³/mol. The molecule has 0 atom stereocenters. The van der Waals surface area contributed by atoms with Crippen LogP contribution in [0.4, 0.5) is 5.69 Å². The summed E-state index contributed by atoms with van der Waals surface area (Å²) in [4.78, 5) is 12.3. The lowest BCUT2D eigenvalue weighted by Gasteiger charge is -2.09. The maximum Gasteiger partial charge on any atom is 0.163 e. The molecule has 3 aromatic rings. The molecule has 0 radical (unpaired) electrons. The van der Waals surface area contributed by atoms with E-state index >= 15 is 0 Å². The highest BCUT2D eigenvalue weighted by Crippen LogP contribution is 2.29. The van der Waals surface area contributed by atoms with Crippen molar-refractivity contribution in [3.8, 4) is 17.2 Å². The van der Waals surface area contributed by atoms with Crippen molar-refractivity contribution in [3.05, 3.63) is 48.0 Å². The van der Waals surface area contributed by atoms with E-state index in [1.807, 2.05) is 31.2 Å². The highest BCUT2D eigenvalue weighted by atomic mass is 14.9. The summed E-state index contributed by atoms with van der Waals surface area (Å²) in [5.74, 6) is 0. The number of fused-ring (bicyclic) bond motifs is 1. The molecular weight excluding hydrogens is 250 g/mol. The number of benzene rings is 1. The second-order valence-electron chi connectivity index (χ2n) is 4.51. The molecule has 0 unspecified atom stereocenters. The number of nitrogens with two attached hydrogens (primary N) is 1. The van der Waals surface area contributed by atoms with Crippen LogP contribution in [0.5, 0.6) is 0 Å². The fourth-order valence-corrected chi connectivity index (χ4v) is 2.14. The molecule has 0 saturated carbocycles. The van der Waals surface area contributed by atoms with Crippen LogP contribution in [0.25, 0.3) is 22.2 Å². The zero-order valence-electron chi connectivity index (χ0n) is 10.8. The van der Waals surface area contributed by atoms with Crippen molar-refractivity contribution in [1.82, 2.24) is 15.0 Å². The Morgan fingerprint density at radius 2 is 2.05 bits per heavy atom. The van der Waals surface area contributed by atoms with Crippen molar-refractivity contribution in [1.29, 1.82) is 5.26 Å². The fraction of sp³-hybridized carbons (Fsp3) is 0.0667.